The van der Waals surface area contributed by atoms with Gasteiger partial charge in [-0.05, 0) is 36.2 Å². The molecule has 2 rings (SSSR count). The Kier molecular flexibility index (Phi) is 4.77. The van der Waals surface area contributed by atoms with Crippen molar-refractivity contribution in [3.8, 4) is 11.5 Å². The molecule has 5 nitrogen and oxygen atoms in total. The van der Waals surface area contributed by atoms with E-state index in [0.29, 0.717) is 5.75 Å². The fourth-order valence-corrected chi connectivity index (χ4v) is 2.06. The van der Waals surface area contributed by atoms with E-state index < -0.39 is 4.92 Å². The minimum absolute atomic E-state index is 0.0891. The molecule has 2 N–H and O–H groups in total. The molecule has 0 aromatic heterocycles. The van der Waals surface area contributed by atoms with E-state index in [1.54, 1.807) is 18.2 Å². The van der Waals surface area contributed by atoms with Gasteiger partial charge in [0.25, 0.3) is 0 Å². The standard InChI is InChI=1S/C15H15ClN2O3/c1-2-13(17)10-4-3-5-12(8-10)21-15-7-6-11(16)9-14(15)18(19)20/h3-9,13H,2,17H2,1H3. The summed E-state index contributed by atoms with van der Waals surface area (Å²) in [7, 11) is 0. The zero-order valence-electron chi connectivity index (χ0n) is 11.5. The lowest BCUT2D eigenvalue weighted by Gasteiger charge is -2.12. The van der Waals surface area contributed by atoms with Crippen LogP contribution in [-0.2, 0) is 0 Å². The number of ether oxygens (including phenoxy) is 1. The van der Waals surface area contributed by atoms with Crippen molar-refractivity contribution in [2.24, 2.45) is 5.73 Å². The van der Waals surface area contributed by atoms with E-state index in [1.165, 1.54) is 12.1 Å². The van der Waals surface area contributed by atoms with Gasteiger partial charge in [-0.1, -0.05) is 30.7 Å². The summed E-state index contributed by atoms with van der Waals surface area (Å²) in [6.07, 6.45) is 0.796. The van der Waals surface area contributed by atoms with Gasteiger partial charge in [-0.3, -0.25) is 10.1 Å². The van der Waals surface area contributed by atoms with Gasteiger partial charge >= 0.3 is 5.69 Å². The van der Waals surface area contributed by atoms with Gasteiger partial charge in [0.2, 0.25) is 5.75 Å². The molecular formula is C15H15ClN2O3. The molecule has 0 aliphatic carbocycles. The Morgan fingerprint density at radius 2 is 2.10 bits per heavy atom. The summed E-state index contributed by atoms with van der Waals surface area (Å²) in [4.78, 5) is 10.5. The lowest BCUT2D eigenvalue weighted by Crippen LogP contribution is -2.08. The number of nitro groups is 1. The molecule has 1 atom stereocenters. The molecule has 1 unspecified atom stereocenters. The monoisotopic (exact) mass is 306 g/mol. The number of hydrogen-bond acceptors (Lipinski definition) is 4. The van der Waals surface area contributed by atoms with Crippen molar-refractivity contribution in [2.75, 3.05) is 0 Å². The third-order valence-electron chi connectivity index (χ3n) is 3.07. The van der Waals surface area contributed by atoms with Crippen LogP contribution < -0.4 is 10.5 Å². The van der Waals surface area contributed by atoms with Gasteiger partial charge in [0.15, 0.2) is 0 Å². The highest BCUT2D eigenvalue weighted by atomic mass is 35.5. The van der Waals surface area contributed by atoms with E-state index in [4.69, 9.17) is 22.1 Å². The summed E-state index contributed by atoms with van der Waals surface area (Å²) >= 11 is 5.77. The van der Waals surface area contributed by atoms with Crippen molar-refractivity contribution in [1.82, 2.24) is 0 Å². The summed E-state index contributed by atoms with van der Waals surface area (Å²) < 4.78 is 5.61. The van der Waals surface area contributed by atoms with Gasteiger partial charge in [0.05, 0.1) is 4.92 Å². The van der Waals surface area contributed by atoms with Crippen LogP contribution in [0.25, 0.3) is 0 Å². The summed E-state index contributed by atoms with van der Waals surface area (Å²) in [5.41, 5.74) is 6.72. The Balaban J connectivity index is 2.32. The highest BCUT2D eigenvalue weighted by molar-refractivity contribution is 6.30. The number of nitrogens with two attached hydrogens (primary N) is 1. The first-order valence-corrected chi connectivity index (χ1v) is 6.86. The predicted molar refractivity (Wildman–Crippen MR) is 81.8 cm³/mol. The van der Waals surface area contributed by atoms with E-state index in [-0.39, 0.29) is 22.5 Å². The van der Waals surface area contributed by atoms with Crippen LogP contribution >= 0.6 is 11.6 Å². The second kappa shape index (κ2) is 6.56. The third kappa shape index (κ3) is 3.71. The smallest absolute Gasteiger partial charge is 0.313 e. The SMILES string of the molecule is CCC(N)c1cccc(Oc2ccc(Cl)cc2[N+](=O)[O-])c1. The van der Waals surface area contributed by atoms with Gasteiger partial charge in [0.1, 0.15) is 5.75 Å². The van der Waals surface area contributed by atoms with Crippen molar-refractivity contribution >= 4 is 17.3 Å². The Labute approximate surface area is 127 Å². The lowest BCUT2D eigenvalue weighted by molar-refractivity contribution is -0.385. The zero-order valence-corrected chi connectivity index (χ0v) is 12.2. The van der Waals surface area contributed by atoms with Crippen molar-refractivity contribution in [3.05, 3.63) is 63.2 Å². The molecule has 110 valence electrons. The van der Waals surface area contributed by atoms with E-state index in [2.05, 4.69) is 0 Å². The minimum Gasteiger partial charge on any atom is -0.450 e. The quantitative estimate of drug-likeness (QED) is 0.654. The van der Waals surface area contributed by atoms with Crippen LogP contribution in [0.1, 0.15) is 24.9 Å². The molecule has 2 aromatic rings. The average Bonchev–Trinajstić information content (AvgIpc) is 2.48. The molecule has 0 heterocycles. The maximum Gasteiger partial charge on any atom is 0.313 e. The van der Waals surface area contributed by atoms with Crippen molar-refractivity contribution in [3.63, 3.8) is 0 Å². The number of rotatable bonds is 5. The Morgan fingerprint density at radius 1 is 1.33 bits per heavy atom. The molecule has 21 heavy (non-hydrogen) atoms. The number of halogens is 1. The fraction of sp³-hybridized carbons (Fsp3) is 0.200. The summed E-state index contributed by atoms with van der Waals surface area (Å²) in [5, 5.41) is 11.3. The van der Waals surface area contributed by atoms with Gasteiger partial charge in [-0.15, -0.1) is 0 Å². The molecule has 0 amide bonds. The largest absolute Gasteiger partial charge is 0.450 e. The topological polar surface area (TPSA) is 78.4 Å². The zero-order chi connectivity index (χ0) is 15.4. The molecule has 0 saturated carbocycles. The maximum atomic E-state index is 11.0. The molecule has 2 aromatic carbocycles. The van der Waals surface area contributed by atoms with E-state index in [1.807, 2.05) is 19.1 Å². The third-order valence-corrected chi connectivity index (χ3v) is 3.31. The van der Waals surface area contributed by atoms with Crippen LogP contribution in [-0.4, -0.2) is 4.92 Å². The van der Waals surface area contributed by atoms with Crippen LogP contribution in [0.2, 0.25) is 5.02 Å². The summed E-state index contributed by atoms with van der Waals surface area (Å²) in [6, 6.07) is 11.4. The van der Waals surface area contributed by atoms with Gasteiger partial charge in [-0.25, -0.2) is 0 Å². The minimum atomic E-state index is -0.525. The Hall–Kier alpha value is -2.11. The Morgan fingerprint density at radius 3 is 2.76 bits per heavy atom. The van der Waals surface area contributed by atoms with E-state index in [0.717, 1.165) is 12.0 Å². The first kappa shape index (κ1) is 15.3. The molecule has 0 aliphatic rings. The lowest BCUT2D eigenvalue weighted by atomic mass is 10.1. The van der Waals surface area contributed by atoms with Crippen LogP contribution in [0.4, 0.5) is 5.69 Å². The van der Waals surface area contributed by atoms with Crippen LogP contribution in [0.5, 0.6) is 11.5 Å². The summed E-state index contributed by atoms with van der Waals surface area (Å²) in [6.45, 7) is 1.99. The van der Waals surface area contributed by atoms with E-state index >= 15 is 0 Å². The van der Waals surface area contributed by atoms with Crippen molar-refractivity contribution in [1.29, 1.82) is 0 Å². The van der Waals surface area contributed by atoms with Crippen molar-refractivity contribution < 1.29 is 9.66 Å². The number of hydrogen-bond donors (Lipinski definition) is 1. The normalized spacial score (nSPS) is 12.0. The van der Waals surface area contributed by atoms with Crippen molar-refractivity contribution in [2.45, 2.75) is 19.4 Å². The van der Waals surface area contributed by atoms with Gasteiger partial charge in [-0.2, -0.15) is 0 Å². The Bertz CT molecular complexity index is 661. The molecule has 0 radical (unpaired) electrons. The van der Waals surface area contributed by atoms with Crippen LogP contribution in [0.3, 0.4) is 0 Å². The number of benzene rings is 2. The second-order valence-corrected chi connectivity index (χ2v) is 4.99. The first-order chi connectivity index (χ1) is 10.0. The highest BCUT2D eigenvalue weighted by Gasteiger charge is 2.16. The maximum absolute atomic E-state index is 11.0. The van der Waals surface area contributed by atoms with Gasteiger partial charge in [0, 0.05) is 17.1 Å². The molecule has 0 bridgehead atoms. The number of nitrogens with zero attached hydrogens (tertiary/aromatic N) is 1. The average molecular weight is 307 g/mol. The highest BCUT2D eigenvalue weighted by Crippen LogP contribution is 2.34. The predicted octanol–water partition coefficient (Wildman–Crippen LogP) is 4.45. The number of nitro benzene ring substituents is 1. The fourth-order valence-electron chi connectivity index (χ4n) is 1.89. The molecule has 0 spiro atoms. The molecule has 6 heteroatoms. The molecular weight excluding hydrogens is 292 g/mol. The molecule has 0 saturated heterocycles. The van der Waals surface area contributed by atoms with Crippen LogP contribution in [0.15, 0.2) is 42.5 Å². The van der Waals surface area contributed by atoms with Gasteiger partial charge < -0.3 is 10.5 Å². The molecule has 0 aliphatic heterocycles. The summed E-state index contributed by atoms with van der Waals surface area (Å²) in [5.74, 6) is 0.647. The van der Waals surface area contributed by atoms with Crippen LogP contribution in [0, 0.1) is 10.1 Å². The first-order valence-electron chi connectivity index (χ1n) is 6.48. The second-order valence-electron chi connectivity index (χ2n) is 4.56. The van der Waals surface area contributed by atoms with E-state index in [9.17, 15) is 10.1 Å². The molecule has 0 fully saturated rings.